The zero-order chi connectivity index (χ0) is 18.6. The van der Waals surface area contributed by atoms with Gasteiger partial charge in [-0.05, 0) is 36.2 Å². The van der Waals surface area contributed by atoms with Crippen molar-refractivity contribution in [3.8, 4) is 11.4 Å². The third-order valence-electron chi connectivity index (χ3n) is 4.72. The molecular formula is C23H21N3O. The lowest BCUT2D eigenvalue weighted by atomic mass is 9.95. The molecule has 0 spiro atoms. The molecule has 0 fully saturated rings. The first-order chi connectivity index (χ1) is 13.2. The first-order valence-electron chi connectivity index (χ1n) is 9.15. The summed E-state index contributed by atoms with van der Waals surface area (Å²) in [4.78, 5) is 20.8. The van der Waals surface area contributed by atoms with Crippen LogP contribution in [0.4, 0.5) is 5.69 Å². The smallest absolute Gasteiger partial charge is 0.231 e. The monoisotopic (exact) mass is 355 g/mol. The van der Waals surface area contributed by atoms with Gasteiger partial charge in [-0.25, -0.2) is 4.98 Å². The van der Waals surface area contributed by atoms with Crippen LogP contribution in [0.3, 0.4) is 0 Å². The zero-order valence-corrected chi connectivity index (χ0v) is 15.1. The summed E-state index contributed by atoms with van der Waals surface area (Å²) in [6.45, 7) is 2.03. The Hall–Kier alpha value is -3.40. The lowest BCUT2D eigenvalue weighted by molar-refractivity contribution is -0.117. The number of aromatic nitrogens is 2. The van der Waals surface area contributed by atoms with E-state index in [1.54, 1.807) is 0 Å². The van der Waals surface area contributed by atoms with Crippen LogP contribution >= 0.6 is 0 Å². The molecule has 1 aromatic heterocycles. The normalized spacial score (nSPS) is 12.0. The van der Waals surface area contributed by atoms with Gasteiger partial charge in [0.2, 0.25) is 5.91 Å². The van der Waals surface area contributed by atoms with Gasteiger partial charge in [-0.2, -0.15) is 0 Å². The summed E-state index contributed by atoms with van der Waals surface area (Å²) in [5, 5.41) is 3.05. The molecule has 1 atom stereocenters. The highest BCUT2D eigenvalue weighted by atomic mass is 16.1. The van der Waals surface area contributed by atoms with Gasteiger partial charge in [-0.15, -0.1) is 0 Å². The van der Waals surface area contributed by atoms with Crippen molar-refractivity contribution in [3.05, 3.63) is 84.4 Å². The Morgan fingerprint density at radius 1 is 1.00 bits per heavy atom. The number of carbonyl (C=O) groups excluding carboxylic acids is 1. The van der Waals surface area contributed by atoms with Crippen LogP contribution in [0.5, 0.6) is 0 Å². The number of fused-ring (bicyclic) bond motifs is 1. The second kappa shape index (κ2) is 7.46. The second-order valence-electron chi connectivity index (χ2n) is 6.54. The Kier molecular flexibility index (Phi) is 4.71. The van der Waals surface area contributed by atoms with Crippen LogP contribution in [0.1, 0.15) is 24.8 Å². The van der Waals surface area contributed by atoms with Gasteiger partial charge in [0, 0.05) is 11.3 Å². The SMILES string of the molecule is CCC(C(=O)Nc1cccc(-c2nc3ccccc3[nH]2)c1)c1ccccc1. The minimum absolute atomic E-state index is 0.00505. The maximum Gasteiger partial charge on any atom is 0.231 e. The fourth-order valence-electron chi connectivity index (χ4n) is 3.32. The topological polar surface area (TPSA) is 57.8 Å². The van der Waals surface area contributed by atoms with E-state index in [-0.39, 0.29) is 11.8 Å². The maximum absolute atomic E-state index is 12.8. The summed E-state index contributed by atoms with van der Waals surface area (Å²) in [6, 6.07) is 25.6. The van der Waals surface area contributed by atoms with E-state index in [0.29, 0.717) is 0 Å². The molecule has 0 aliphatic rings. The standard InChI is InChI=1S/C23H21N3O/c1-2-19(16-9-4-3-5-10-16)23(27)24-18-12-8-11-17(15-18)22-25-20-13-6-7-14-21(20)26-22/h3-15,19H,2H2,1H3,(H,24,27)(H,25,26). The molecule has 1 amide bonds. The number of amides is 1. The quantitative estimate of drug-likeness (QED) is 0.506. The van der Waals surface area contributed by atoms with Crippen LogP contribution < -0.4 is 5.32 Å². The van der Waals surface area contributed by atoms with Crippen LogP contribution in [0, 0.1) is 0 Å². The van der Waals surface area contributed by atoms with E-state index in [1.807, 2.05) is 85.8 Å². The van der Waals surface area contributed by atoms with Crippen LogP contribution in [0.2, 0.25) is 0 Å². The number of aromatic amines is 1. The van der Waals surface area contributed by atoms with E-state index in [2.05, 4.69) is 15.3 Å². The summed E-state index contributed by atoms with van der Waals surface area (Å²) in [7, 11) is 0. The lowest BCUT2D eigenvalue weighted by Crippen LogP contribution is -2.20. The van der Waals surface area contributed by atoms with Crippen LogP contribution in [0.15, 0.2) is 78.9 Å². The van der Waals surface area contributed by atoms with E-state index < -0.39 is 0 Å². The predicted molar refractivity (Wildman–Crippen MR) is 110 cm³/mol. The summed E-state index contributed by atoms with van der Waals surface area (Å²) >= 11 is 0. The highest BCUT2D eigenvalue weighted by Crippen LogP contribution is 2.25. The molecule has 3 aromatic carbocycles. The summed E-state index contributed by atoms with van der Waals surface area (Å²) in [5.41, 5.74) is 4.67. The van der Waals surface area contributed by atoms with Gasteiger partial charge < -0.3 is 10.3 Å². The Morgan fingerprint density at radius 3 is 2.56 bits per heavy atom. The first kappa shape index (κ1) is 17.0. The van der Waals surface area contributed by atoms with Crippen LogP contribution in [-0.4, -0.2) is 15.9 Å². The van der Waals surface area contributed by atoms with Crippen molar-refractivity contribution < 1.29 is 4.79 Å². The highest BCUT2D eigenvalue weighted by molar-refractivity contribution is 5.96. The van der Waals surface area contributed by atoms with E-state index in [0.717, 1.165) is 40.1 Å². The molecule has 4 aromatic rings. The number of hydrogen-bond donors (Lipinski definition) is 2. The van der Waals surface area contributed by atoms with Gasteiger partial charge in [-0.1, -0.05) is 61.5 Å². The number of nitrogens with one attached hydrogen (secondary N) is 2. The fraction of sp³-hybridized carbons (Fsp3) is 0.130. The average Bonchev–Trinajstić information content (AvgIpc) is 3.14. The highest BCUT2D eigenvalue weighted by Gasteiger charge is 2.18. The molecule has 0 radical (unpaired) electrons. The molecule has 4 nitrogen and oxygen atoms in total. The molecule has 27 heavy (non-hydrogen) atoms. The maximum atomic E-state index is 12.8. The molecule has 0 bridgehead atoms. The van der Waals surface area contributed by atoms with Crippen molar-refractivity contribution in [2.24, 2.45) is 0 Å². The molecule has 0 aliphatic heterocycles. The molecule has 4 rings (SSSR count). The summed E-state index contributed by atoms with van der Waals surface area (Å²) in [6.07, 6.45) is 0.749. The molecule has 1 heterocycles. The number of carbonyl (C=O) groups is 1. The fourth-order valence-corrected chi connectivity index (χ4v) is 3.32. The summed E-state index contributed by atoms with van der Waals surface area (Å²) in [5.74, 6) is 0.633. The Balaban J connectivity index is 1.58. The van der Waals surface area contributed by atoms with Gasteiger partial charge >= 0.3 is 0 Å². The predicted octanol–water partition coefficient (Wildman–Crippen LogP) is 5.36. The molecule has 2 N–H and O–H groups in total. The molecule has 134 valence electrons. The zero-order valence-electron chi connectivity index (χ0n) is 15.1. The van der Waals surface area contributed by atoms with Gasteiger partial charge in [0.1, 0.15) is 5.82 Å². The van der Waals surface area contributed by atoms with E-state index >= 15 is 0 Å². The largest absolute Gasteiger partial charge is 0.338 e. The molecule has 0 saturated carbocycles. The Labute approximate surface area is 158 Å². The number of imidazole rings is 1. The molecule has 0 saturated heterocycles. The second-order valence-corrected chi connectivity index (χ2v) is 6.54. The van der Waals surface area contributed by atoms with Crippen molar-refractivity contribution in [2.75, 3.05) is 5.32 Å². The number of rotatable bonds is 5. The van der Waals surface area contributed by atoms with Gasteiger partial charge in [-0.3, -0.25) is 4.79 Å². The van der Waals surface area contributed by atoms with E-state index in [1.165, 1.54) is 0 Å². The van der Waals surface area contributed by atoms with E-state index in [4.69, 9.17) is 0 Å². The van der Waals surface area contributed by atoms with Crippen molar-refractivity contribution in [1.82, 2.24) is 9.97 Å². The Morgan fingerprint density at radius 2 is 1.78 bits per heavy atom. The molecule has 0 aliphatic carbocycles. The van der Waals surface area contributed by atoms with Crippen molar-refractivity contribution in [3.63, 3.8) is 0 Å². The van der Waals surface area contributed by atoms with Crippen molar-refractivity contribution in [2.45, 2.75) is 19.3 Å². The van der Waals surface area contributed by atoms with E-state index in [9.17, 15) is 4.79 Å². The minimum atomic E-state index is -0.166. The number of anilines is 1. The van der Waals surface area contributed by atoms with Gasteiger partial charge in [0.15, 0.2) is 0 Å². The molecule has 1 unspecified atom stereocenters. The van der Waals surface area contributed by atoms with Crippen LogP contribution in [-0.2, 0) is 4.79 Å². The minimum Gasteiger partial charge on any atom is -0.338 e. The molecule has 4 heteroatoms. The third kappa shape index (κ3) is 3.60. The van der Waals surface area contributed by atoms with Gasteiger partial charge in [0.25, 0.3) is 0 Å². The lowest BCUT2D eigenvalue weighted by Gasteiger charge is -2.15. The average molecular weight is 355 g/mol. The van der Waals surface area contributed by atoms with Crippen molar-refractivity contribution >= 4 is 22.6 Å². The number of nitrogens with zero attached hydrogens (tertiary/aromatic N) is 1. The first-order valence-corrected chi connectivity index (χ1v) is 9.15. The number of para-hydroxylation sites is 2. The third-order valence-corrected chi connectivity index (χ3v) is 4.72. The van der Waals surface area contributed by atoms with Crippen molar-refractivity contribution in [1.29, 1.82) is 0 Å². The number of H-pyrrole nitrogens is 1. The van der Waals surface area contributed by atoms with Crippen LogP contribution in [0.25, 0.3) is 22.4 Å². The molecular weight excluding hydrogens is 334 g/mol. The summed E-state index contributed by atoms with van der Waals surface area (Å²) < 4.78 is 0. The van der Waals surface area contributed by atoms with Gasteiger partial charge in [0.05, 0.1) is 17.0 Å². The Bertz CT molecular complexity index is 1040. The number of hydrogen-bond acceptors (Lipinski definition) is 2. The number of benzene rings is 3.